The first-order chi connectivity index (χ1) is 9.00. The lowest BCUT2D eigenvalue weighted by atomic mass is 9.77. The fourth-order valence-electron chi connectivity index (χ4n) is 2.46. The third kappa shape index (κ3) is 3.32. The van der Waals surface area contributed by atoms with Gasteiger partial charge in [0.1, 0.15) is 18.5 Å². The Morgan fingerprint density at radius 1 is 1.47 bits per heavy atom. The Labute approximate surface area is 113 Å². The van der Waals surface area contributed by atoms with Crippen LogP contribution in [0.5, 0.6) is 0 Å². The molecule has 0 bridgehead atoms. The lowest BCUT2D eigenvalue weighted by Crippen LogP contribution is -2.52. The third-order valence-electron chi connectivity index (χ3n) is 3.69. The van der Waals surface area contributed by atoms with Crippen LogP contribution >= 0.6 is 0 Å². The molecular weight excluding hydrogens is 245 g/mol. The molecular formula is C15H20FNO2. The van der Waals surface area contributed by atoms with E-state index in [0.29, 0.717) is 5.56 Å². The Hall–Kier alpha value is -1.42. The van der Waals surface area contributed by atoms with Gasteiger partial charge in [-0.3, -0.25) is 4.79 Å². The van der Waals surface area contributed by atoms with Crippen LogP contribution in [0.15, 0.2) is 24.3 Å². The van der Waals surface area contributed by atoms with E-state index >= 15 is 0 Å². The molecule has 0 radical (unpaired) electrons. The smallest absolute Gasteiger partial charge is 0.324 e. The molecule has 1 aliphatic heterocycles. The molecule has 1 aromatic carbocycles. The first-order valence-corrected chi connectivity index (χ1v) is 6.64. The zero-order valence-electron chi connectivity index (χ0n) is 11.4. The molecule has 0 aromatic heterocycles. The van der Waals surface area contributed by atoms with Gasteiger partial charge in [-0.25, -0.2) is 4.39 Å². The molecule has 1 heterocycles. The van der Waals surface area contributed by atoms with Crippen LogP contribution in [0.3, 0.4) is 0 Å². The molecule has 1 atom stereocenters. The second kappa shape index (κ2) is 5.70. The fraction of sp³-hybridized carbons (Fsp3) is 0.533. The minimum Gasteiger partial charge on any atom is -0.460 e. The molecule has 0 aliphatic carbocycles. The number of hydrogen-bond acceptors (Lipinski definition) is 3. The number of rotatable bonds is 3. The van der Waals surface area contributed by atoms with Crippen molar-refractivity contribution in [3.8, 4) is 0 Å². The molecule has 1 unspecified atom stereocenters. The van der Waals surface area contributed by atoms with Crippen molar-refractivity contribution in [1.82, 2.24) is 5.32 Å². The molecule has 0 spiro atoms. The molecule has 4 heteroatoms. The van der Waals surface area contributed by atoms with Gasteiger partial charge in [-0.1, -0.05) is 32.0 Å². The molecule has 104 valence electrons. The first kappa shape index (κ1) is 14.0. The molecule has 19 heavy (non-hydrogen) atoms. The van der Waals surface area contributed by atoms with Crippen LogP contribution in [0.2, 0.25) is 0 Å². The van der Waals surface area contributed by atoms with E-state index in [-0.39, 0.29) is 29.9 Å². The van der Waals surface area contributed by atoms with E-state index in [0.717, 1.165) is 19.4 Å². The Kier molecular flexibility index (Phi) is 4.20. The lowest BCUT2D eigenvalue weighted by Gasteiger charge is -2.37. The largest absolute Gasteiger partial charge is 0.460 e. The Balaban J connectivity index is 1.96. The number of piperidine rings is 1. The number of carbonyl (C=O) groups excluding carboxylic acids is 1. The highest BCUT2D eigenvalue weighted by molar-refractivity contribution is 5.77. The van der Waals surface area contributed by atoms with Crippen molar-refractivity contribution in [1.29, 1.82) is 0 Å². The maximum atomic E-state index is 13.4. The van der Waals surface area contributed by atoms with Crippen molar-refractivity contribution in [3.05, 3.63) is 35.6 Å². The minimum absolute atomic E-state index is 0.0141. The summed E-state index contributed by atoms with van der Waals surface area (Å²) in [5.74, 6) is -0.640. The second-order valence-electron chi connectivity index (χ2n) is 5.68. The average molecular weight is 265 g/mol. The summed E-state index contributed by atoms with van der Waals surface area (Å²) in [5.41, 5.74) is 0.286. The maximum Gasteiger partial charge on any atom is 0.324 e. The summed E-state index contributed by atoms with van der Waals surface area (Å²) in [6.45, 7) is 4.91. The van der Waals surface area contributed by atoms with Crippen molar-refractivity contribution in [2.45, 2.75) is 39.3 Å². The normalized spacial score (nSPS) is 21.9. The Morgan fingerprint density at radius 3 is 2.89 bits per heavy atom. The van der Waals surface area contributed by atoms with Crippen molar-refractivity contribution >= 4 is 5.97 Å². The first-order valence-electron chi connectivity index (χ1n) is 6.64. The summed E-state index contributed by atoms with van der Waals surface area (Å²) >= 11 is 0. The van der Waals surface area contributed by atoms with Gasteiger partial charge >= 0.3 is 5.97 Å². The predicted molar refractivity (Wildman–Crippen MR) is 71.0 cm³/mol. The van der Waals surface area contributed by atoms with Gasteiger partial charge in [0.05, 0.1) is 0 Å². The molecule has 1 saturated heterocycles. The van der Waals surface area contributed by atoms with E-state index in [2.05, 4.69) is 5.32 Å². The van der Waals surface area contributed by atoms with Gasteiger partial charge in [0.15, 0.2) is 0 Å². The number of halogens is 1. The third-order valence-corrected chi connectivity index (χ3v) is 3.69. The number of benzene rings is 1. The van der Waals surface area contributed by atoms with Crippen LogP contribution in [-0.2, 0) is 16.1 Å². The molecule has 1 aromatic rings. The van der Waals surface area contributed by atoms with Gasteiger partial charge in [0, 0.05) is 5.56 Å². The van der Waals surface area contributed by atoms with Crippen LogP contribution in [-0.4, -0.2) is 18.6 Å². The Bertz CT molecular complexity index is 459. The molecule has 2 rings (SSSR count). The van der Waals surface area contributed by atoms with Crippen molar-refractivity contribution < 1.29 is 13.9 Å². The van der Waals surface area contributed by atoms with E-state index in [4.69, 9.17) is 4.74 Å². The topological polar surface area (TPSA) is 38.3 Å². The molecule has 0 amide bonds. The monoisotopic (exact) mass is 265 g/mol. The summed E-state index contributed by atoms with van der Waals surface area (Å²) < 4.78 is 18.7. The van der Waals surface area contributed by atoms with Crippen molar-refractivity contribution in [2.75, 3.05) is 6.54 Å². The summed E-state index contributed by atoms with van der Waals surface area (Å²) in [7, 11) is 0. The van der Waals surface area contributed by atoms with E-state index in [1.165, 1.54) is 6.07 Å². The van der Waals surface area contributed by atoms with Gasteiger partial charge in [-0.2, -0.15) is 0 Å². The molecule has 1 N–H and O–H groups in total. The van der Waals surface area contributed by atoms with Crippen LogP contribution < -0.4 is 5.32 Å². The minimum atomic E-state index is -0.342. The number of esters is 1. The predicted octanol–water partition coefficient (Wildman–Crippen LogP) is 2.65. The maximum absolute atomic E-state index is 13.4. The fourth-order valence-corrected chi connectivity index (χ4v) is 2.46. The highest BCUT2D eigenvalue weighted by Gasteiger charge is 2.38. The van der Waals surface area contributed by atoms with Gasteiger partial charge in [0.25, 0.3) is 0 Å². The zero-order chi connectivity index (χ0) is 13.9. The quantitative estimate of drug-likeness (QED) is 0.854. The molecule has 0 saturated carbocycles. The Morgan fingerprint density at radius 2 is 2.21 bits per heavy atom. The average Bonchev–Trinajstić information content (AvgIpc) is 2.37. The van der Waals surface area contributed by atoms with Gasteiger partial charge < -0.3 is 10.1 Å². The molecule has 1 fully saturated rings. The summed E-state index contributed by atoms with van der Waals surface area (Å²) in [6.07, 6.45) is 2.05. The van der Waals surface area contributed by atoms with E-state index in [1.807, 2.05) is 13.8 Å². The molecule has 3 nitrogen and oxygen atoms in total. The van der Waals surface area contributed by atoms with Gasteiger partial charge in [-0.05, 0) is 30.9 Å². The van der Waals surface area contributed by atoms with Crippen LogP contribution in [0, 0.1) is 11.2 Å². The number of hydrogen-bond donors (Lipinski definition) is 1. The van der Waals surface area contributed by atoms with Crippen molar-refractivity contribution in [3.63, 3.8) is 0 Å². The number of ether oxygens (including phenoxy) is 1. The van der Waals surface area contributed by atoms with E-state index in [9.17, 15) is 9.18 Å². The van der Waals surface area contributed by atoms with Gasteiger partial charge in [0.2, 0.25) is 0 Å². The van der Waals surface area contributed by atoms with Crippen LogP contribution in [0.4, 0.5) is 4.39 Å². The van der Waals surface area contributed by atoms with E-state index < -0.39 is 0 Å². The number of carbonyl (C=O) groups is 1. The second-order valence-corrected chi connectivity index (χ2v) is 5.68. The van der Waals surface area contributed by atoms with Crippen molar-refractivity contribution in [2.24, 2.45) is 5.41 Å². The van der Waals surface area contributed by atoms with Crippen LogP contribution in [0.1, 0.15) is 32.3 Å². The standard InChI is InChI=1S/C15H20FNO2/c1-15(2)8-5-9-17-13(15)14(18)19-10-11-6-3-4-7-12(11)16/h3-4,6-7,13,17H,5,8-10H2,1-2H3. The number of nitrogens with one attached hydrogen (secondary N) is 1. The summed E-state index contributed by atoms with van der Waals surface area (Å²) in [5, 5.41) is 3.19. The lowest BCUT2D eigenvalue weighted by molar-refractivity contribution is -0.151. The zero-order valence-corrected chi connectivity index (χ0v) is 11.4. The highest BCUT2D eigenvalue weighted by Crippen LogP contribution is 2.30. The van der Waals surface area contributed by atoms with Crippen LogP contribution in [0.25, 0.3) is 0 Å². The summed E-state index contributed by atoms with van der Waals surface area (Å²) in [6, 6.07) is 6.03. The van der Waals surface area contributed by atoms with Gasteiger partial charge in [-0.15, -0.1) is 0 Å². The highest BCUT2D eigenvalue weighted by atomic mass is 19.1. The molecule has 1 aliphatic rings. The summed E-state index contributed by atoms with van der Waals surface area (Å²) in [4.78, 5) is 12.1. The SMILES string of the molecule is CC1(C)CCCNC1C(=O)OCc1ccccc1F. The van der Waals surface area contributed by atoms with E-state index in [1.54, 1.807) is 18.2 Å².